The molecule has 0 aliphatic heterocycles. The number of anilines is 1. The molecule has 0 saturated carbocycles. The second-order valence-electron chi connectivity index (χ2n) is 4.42. The Labute approximate surface area is 122 Å². The molecule has 1 unspecified atom stereocenters. The van der Waals surface area contributed by atoms with E-state index < -0.39 is 0 Å². The lowest BCUT2D eigenvalue weighted by Gasteiger charge is -2.14. The van der Waals surface area contributed by atoms with Gasteiger partial charge in [0.2, 0.25) is 0 Å². The van der Waals surface area contributed by atoms with Crippen molar-refractivity contribution in [1.29, 1.82) is 0 Å². The predicted molar refractivity (Wildman–Crippen MR) is 80.8 cm³/mol. The molecule has 2 rings (SSSR count). The minimum atomic E-state index is 0.104. The second-order valence-corrected chi connectivity index (χ2v) is 5.24. The molecule has 0 aliphatic carbocycles. The number of nitrogens with zero attached hydrogens (tertiary/aromatic N) is 3. The largest absolute Gasteiger partial charge is 0.396 e. The van der Waals surface area contributed by atoms with E-state index in [0.29, 0.717) is 6.54 Å². The van der Waals surface area contributed by atoms with E-state index in [0.717, 1.165) is 23.0 Å². The zero-order chi connectivity index (χ0) is 14.2. The fraction of sp³-hybridized carbons (Fsp3) is 0.357. The van der Waals surface area contributed by atoms with E-state index >= 15 is 0 Å². The normalized spacial score (nSPS) is 12.1. The minimum Gasteiger partial charge on any atom is -0.396 e. The Morgan fingerprint density at radius 3 is 2.75 bits per heavy atom. The first kappa shape index (κ1) is 14.7. The van der Waals surface area contributed by atoms with E-state index in [-0.39, 0.29) is 12.5 Å². The molecule has 2 heterocycles. The molecular weight excluding hydrogens is 272 g/mol. The average molecular weight is 290 g/mol. The van der Waals surface area contributed by atoms with Crippen LogP contribution in [0.3, 0.4) is 0 Å². The van der Waals surface area contributed by atoms with Gasteiger partial charge in [-0.2, -0.15) is 0 Å². The summed E-state index contributed by atoms with van der Waals surface area (Å²) < 4.78 is 0. The number of nitrogens with one attached hydrogen (secondary N) is 1. The SMILES string of the molecule is CSc1ccc(NCC(CO)Cc2ccccn2)nn1. The van der Waals surface area contributed by atoms with Gasteiger partial charge < -0.3 is 10.4 Å². The van der Waals surface area contributed by atoms with Crippen molar-refractivity contribution in [2.75, 3.05) is 24.7 Å². The van der Waals surface area contributed by atoms with Crippen molar-refractivity contribution < 1.29 is 5.11 Å². The van der Waals surface area contributed by atoms with E-state index in [4.69, 9.17) is 0 Å². The van der Waals surface area contributed by atoms with Crippen molar-refractivity contribution >= 4 is 17.6 Å². The molecule has 0 fully saturated rings. The first-order valence-electron chi connectivity index (χ1n) is 6.44. The molecular formula is C14H18N4OS. The molecule has 0 radical (unpaired) electrons. The van der Waals surface area contributed by atoms with Gasteiger partial charge >= 0.3 is 0 Å². The van der Waals surface area contributed by atoms with Crippen LogP contribution in [0.25, 0.3) is 0 Å². The summed E-state index contributed by atoms with van der Waals surface area (Å²) in [6.07, 6.45) is 4.47. The van der Waals surface area contributed by atoms with Crippen LogP contribution in [0, 0.1) is 5.92 Å². The fourth-order valence-corrected chi connectivity index (χ4v) is 2.11. The van der Waals surface area contributed by atoms with Crippen LogP contribution in [-0.2, 0) is 6.42 Å². The maximum atomic E-state index is 9.44. The van der Waals surface area contributed by atoms with Crippen LogP contribution in [0.15, 0.2) is 41.6 Å². The van der Waals surface area contributed by atoms with Gasteiger partial charge in [-0.15, -0.1) is 22.0 Å². The van der Waals surface area contributed by atoms with E-state index in [1.807, 2.05) is 36.6 Å². The minimum absolute atomic E-state index is 0.104. The molecule has 106 valence electrons. The van der Waals surface area contributed by atoms with Crippen LogP contribution < -0.4 is 5.32 Å². The van der Waals surface area contributed by atoms with Crippen LogP contribution >= 0.6 is 11.8 Å². The highest BCUT2D eigenvalue weighted by molar-refractivity contribution is 7.98. The lowest BCUT2D eigenvalue weighted by molar-refractivity contribution is 0.232. The molecule has 0 spiro atoms. The van der Waals surface area contributed by atoms with Crippen molar-refractivity contribution in [3.05, 3.63) is 42.2 Å². The molecule has 0 amide bonds. The van der Waals surface area contributed by atoms with Crippen LogP contribution in [0.4, 0.5) is 5.82 Å². The highest BCUT2D eigenvalue weighted by Crippen LogP contribution is 2.12. The maximum absolute atomic E-state index is 9.44. The molecule has 0 aliphatic rings. The summed E-state index contributed by atoms with van der Waals surface area (Å²) in [6.45, 7) is 0.750. The summed E-state index contributed by atoms with van der Waals surface area (Å²) in [4.78, 5) is 4.27. The van der Waals surface area contributed by atoms with Crippen molar-refractivity contribution in [2.24, 2.45) is 5.92 Å². The van der Waals surface area contributed by atoms with Gasteiger partial charge in [-0.25, -0.2) is 0 Å². The van der Waals surface area contributed by atoms with E-state index in [2.05, 4.69) is 20.5 Å². The Kier molecular flexibility index (Phi) is 5.76. The molecule has 0 saturated heterocycles. The number of pyridine rings is 1. The van der Waals surface area contributed by atoms with Crippen molar-refractivity contribution in [2.45, 2.75) is 11.4 Å². The predicted octanol–water partition coefficient (Wildman–Crippen LogP) is 1.86. The highest BCUT2D eigenvalue weighted by Gasteiger charge is 2.09. The monoisotopic (exact) mass is 290 g/mol. The van der Waals surface area contributed by atoms with Gasteiger partial charge in [0.1, 0.15) is 10.8 Å². The summed E-state index contributed by atoms with van der Waals surface area (Å²) in [5.41, 5.74) is 0.983. The smallest absolute Gasteiger partial charge is 0.148 e. The van der Waals surface area contributed by atoms with Crippen LogP contribution in [0.1, 0.15) is 5.69 Å². The fourth-order valence-electron chi connectivity index (χ4n) is 1.79. The summed E-state index contributed by atoms with van der Waals surface area (Å²) in [7, 11) is 0. The second kappa shape index (κ2) is 7.81. The summed E-state index contributed by atoms with van der Waals surface area (Å²) in [5, 5.41) is 21.7. The van der Waals surface area contributed by atoms with Gasteiger partial charge in [-0.05, 0) is 36.9 Å². The number of hydrogen-bond donors (Lipinski definition) is 2. The van der Waals surface area contributed by atoms with Crippen LogP contribution in [0.2, 0.25) is 0 Å². The quantitative estimate of drug-likeness (QED) is 0.758. The van der Waals surface area contributed by atoms with Crippen molar-refractivity contribution in [3.8, 4) is 0 Å². The molecule has 1 atom stereocenters. The number of hydrogen-bond acceptors (Lipinski definition) is 6. The number of aliphatic hydroxyl groups excluding tert-OH is 1. The Balaban J connectivity index is 1.86. The molecule has 2 N–H and O–H groups in total. The van der Waals surface area contributed by atoms with Crippen LogP contribution in [-0.4, -0.2) is 39.7 Å². The highest BCUT2D eigenvalue weighted by atomic mass is 32.2. The van der Waals surface area contributed by atoms with E-state index in [1.54, 1.807) is 18.0 Å². The molecule has 2 aromatic rings. The average Bonchev–Trinajstić information content (AvgIpc) is 2.53. The van der Waals surface area contributed by atoms with Crippen molar-refractivity contribution in [3.63, 3.8) is 0 Å². The Hall–Kier alpha value is -1.66. The first-order chi connectivity index (χ1) is 9.81. The number of thioether (sulfide) groups is 1. The van der Waals surface area contributed by atoms with Gasteiger partial charge in [0.05, 0.1) is 0 Å². The van der Waals surface area contributed by atoms with Gasteiger partial charge in [-0.1, -0.05) is 6.07 Å². The van der Waals surface area contributed by atoms with E-state index in [1.165, 1.54) is 0 Å². The zero-order valence-corrected chi connectivity index (χ0v) is 12.2. The topological polar surface area (TPSA) is 70.9 Å². The molecule has 0 bridgehead atoms. The van der Waals surface area contributed by atoms with Crippen LogP contribution in [0.5, 0.6) is 0 Å². The summed E-state index contributed by atoms with van der Waals surface area (Å²) in [5.74, 6) is 0.828. The van der Waals surface area contributed by atoms with Gasteiger partial charge in [-0.3, -0.25) is 4.98 Å². The Morgan fingerprint density at radius 1 is 1.25 bits per heavy atom. The number of aromatic nitrogens is 3. The molecule has 0 aromatic carbocycles. The summed E-state index contributed by atoms with van der Waals surface area (Å²) in [6, 6.07) is 9.63. The third-order valence-corrected chi connectivity index (χ3v) is 3.54. The molecule has 20 heavy (non-hydrogen) atoms. The van der Waals surface area contributed by atoms with Gasteiger partial charge in [0, 0.05) is 31.0 Å². The number of aliphatic hydroxyl groups is 1. The molecule has 2 aromatic heterocycles. The van der Waals surface area contributed by atoms with E-state index in [9.17, 15) is 5.11 Å². The lowest BCUT2D eigenvalue weighted by atomic mass is 10.0. The molecule has 5 nitrogen and oxygen atoms in total. The Bertz CT molecular complexity index is 506. The van der Waals surface area contributed by atoms with Gasteiger partial charge in [0.15, 0.2) is 0 Å². The standard InChI is InChI=1S/C14H18N4OS/c1-20-14-6-5-13(17-18-14)16-9-11(10-19)8-12-4-2-3-7-15-12/h2-7,11,19H,8-10H2,1H3,(H,16,17). The summed E-state index contributed by atoms with van der Waals surface area (Å²) >= 11 is 1.56. The third-order valence-electron chi connectivity index (χ3n) is 2.90. The van der Waals surface area contributed by atoms with Gasteiger partial charge in [0.25, 0.3) is 0 Å². The Morgan fingerprint density at radius 2 is 2.15 bits per heavy atom. The first-order valence-corrected chi connectivity index (χ1v) is 7.66. The van der Waals surface area contributed by atoms with Crippen molar-refractivity contribution in [1.82, 2.24) is 15.2 Å². The molecule has 6 heteroatoms. The number of rotatable bonds is 7. The maximum Gasteiger partial charge on any atom is 0.148 e. The third kappa shape index (κ3) is 4.47. The lowest BCUT2D eigenvalue weighted by Crippen LogP contribution is -2.21. The zero-order valence-electron chi connectivity index (χ0n) is 11.4.